The van der Waals surface area contributed by atoms with E-state index in [1.807, 2.05) is 12.1 Å². The average molecular weight is 771 g/mol. The van der Waals surface area contributed by atoms with Gasteiger partial charge in [-0.05, 0) is 98.0 Å². The molecule has 0 heterocycles. The molecule has 0 saturated heterocycles. The Balaban J connectivity index is 0.000000583. The fourth-order valence-corrected chi connectivity index (χ4v) is 5.08. The van der Waals surface area contributed by atoms with Crippen LogP contribution in [0.2, 0.25) is 0 Å². The summed E-state index contributed by atoms with van der Waals surface area (Å²) in [4.78, 5) is 32.5. The molecule has 3 aromatic carbocycles. The van der Waals surface area contributed by atoms with Gasteiger partial charge in [0.25, 0.3) is 0 Å². The van der Waals surface area contributed by atoms with E-state index < -0.39 is 29.3 Å². The molecule has 0 aliphatic heterocycles. The van der Waals surface area contributed by atoms with Crippen LogP contribution in [0, 0.1) is 17.7 Å². The van der Waals surface area contributed by atoms with Gasteiger partial charge in [-0.1, -0.05) is 52.8 Å². The maximum Gasteiger partial charge on any atom is 0.416 e. The number of esters is 1. The number of allylic oxidation sites excluding steroid dienone is 1. The second kappa shape index (κ2) is 22.5. The summed E-state index contributed by atoms with van der Waals surface area (Å²) < 4.78 is 106. The van der Waals surface area contributed by atoms with Gasteiger partial charge in [0.05, 0.1) is 31.5 Å². The first-order chi connectivity index (χ1) is 25.2. The van der Waals surface area contributed by atoms with E-state index in [-0.39, 0.29) is 54.5 Å². The van der Waals surface area contributed by atoms with Crippen molar-refractivity contribution in [1.82, 2.24) is 0 Å². The predicted octanol–water partition coefficient (Wildman–Crippen LogP) is 11.3. The van der Waals surface area contributed by atoms with E-state index in [1.165, 1.54) is 26.2 Å². The van der Waals surface area contributed by atoms with Crippen molar-refractivity contribution < 1.29 is 59.3 Å². The Morgan fingerprint density at radius 3 is 1.93 bits per heavy atom. The molecule has 0 radical (unpaired) electrons. The van der Waals surface area contributed by atoms with Crippen molar-refractivity contribution >= 4 is 18.0 Å². The van der Waals surface area contributed by atoms with E-state index in [1.54, 1.807) is 32.9 Å². The van der Waals surface area contributed by atoms with Crippen molar-refractivity contribution in [2.24, 2.45) is 11.8 Å². The molecule has 0 aliphatic rings. The van der Waals surface area contributed by atoms with E-state index in [0.29, 0.717) is 35.8 Å². The number of benzene rings is 3. The van der Waals surface area contributed by atoms with Crippen molar-refractivity contribution in [3.05, 3.63) is 94.8 Å². The minimum absolute atomic E-state index is 0.0189. The van der Waals surface area contributed by atoms with Gasteiger partial charge in [-0.25, -0.2) is 4.39 Å². The number of hydrogen-bond donors (Lipinski definition) is 0. The fraction of sp³-hybridized carbons (Fsp3) is 0.439. The summed E-state index contributed by atoms with van der Waals surface area (Å²) in [7, 11) is 1.49. The zero-order valence-corrected chi connectivity index (χ0v) is 31.7. The molecule has 1 atom stereocenters. The van der Waals surface area contributed by atoms with Crippen LogP contribution in [0.4, 0.5) is 30.7 Å². The lowest BCUT2D eigenvalue weighted by Gasteiger charge is -2.18. The molecule has 0 aliphatic carbocycles. The highest BCUT2D eigenvalue weighted by Gasteiger charge is 2.36. The Morgan fingerprint density at radius 1 is 0.852 bits per heavy atom. The first kappa shape index (κ1) is 47.3. The molecule has 0 fully saturated rings. The number of rotatable bonds is 15. The van der Waals surface area contributed by atoms with Crippen LogP contribution in [0.3, 0.4) is 0 Å². The van der Waals surface area contributed by atoms with Crippen LogP contribution in [0.5, 0.6) is 11.5 Å². The molecule has 13 heteroatoms. The summed E-state index contributed by atoms with van der Waals surface area (Å²) in [5, 5.41) is 0. The molecule has 0 amide bonds. The van der Waals surface area contributed by atoms with E-state index in [4.69, 9.17) is 19.0 Å². The maximum atomic E-state index is 14.7. The van der Waals surface area contributed by atoms with Crippen molar-refractivity contribution in [3.8, 4) is 22.6 Å². The van der Waals surface area contributed by atoms with Crippen LogP contribution in [0.1, 0.15) is 93.4 Å². The number of methoxy groups -OCH3 is 1. The van der Waals surface area contributed by atoms with Gasteiger partial charge in [-0.2, -0.15) is 26.3 Å². The minimum atomic E-state index is -4.77. The second-order valence-electron chi connectivity index (χ2n) is 12.6. The van der Waals surface area contributed by atoms with Crippen LogP contribution in [0.25, 0.3) is 11.1 Å². The van der Waals surface area contributed by atoms with Gasteiger partial charge in [-0.15, -0.1) is 0 Å². The van der Waals surface area contributed by atoms with Gasteiger partial charge in [0, 0.05) is 23.6 Å². The number of carbonyl (C=O) groups is 3. The Bertz CT molecular complexity index is 1650. The Labute approximate surface area is 312 Å². The number of hydrogen-bond acceptors (Lipinski definition) is 6. The van der Waals surface area contributed by atoms with Gasteiger partial charge in [0.1, 0.15) is 12.0 Å². The third-order valence-corrected chi connectivity index (χ3v) is 7.76. The number of ether oxygens (including phenoxy) is 3. The molecule has 1 unspecified atom stereocenters. The molecule has 3 aromatic rings. The largest absolute Gasteiger partial charge is 0.496 e. The van der Waals surface area contributed by atoms with Crippen molar-refractivity contribution in [3.63, 3.8) is 0 Å². The molecule has 0 spiro atoms. The Kier molecular flexibility index (Phi) is 19.7. The Hall–Kier alpha value is -4.68. The van der Waals surface area contributed by atoms with E-state index in [2.05, 4.69) is 20.4 Å². The first-order valence-electron chi connectivity index (χ1n) is 17.4. The number of halogens is 7. The number of aldehydes is 1. The molecule has 54 heavy (non-hydrogen) atoms. The van der Waals surface area contributed by atoms with Crippen LogP contribution in [-0.4, -0.2) is 38.4 Å². The number of ketones is 1. The summed E-state index contributed by atoms with van der Waals surface area (Å²) in [6.07, 6.45) is -4.97. The molecule has 298 valence electrons. The molecule has 0 N–H and O–H groups in total. The highest BCUT2D eigenvalue weighted by atomic mass is 19.4. The normalized spacial score (nSPS) is 11.7. The molecular formula is C41H49F7O6. The van der Waals surface area contributed by atoms with Crippen molar-refractivity contribution in [2.45, 2.75) is 86.0 Å². The maximum absolute atomic E-state index is 14.7. The summed E-state index contributed by atoms with van der Waals surface area (Å²) in [5.41, 5.74) is 0.589. The van der Waals surface area contributed by atoms with Crippen molar-refractivity contribution in [1.29, 1.82) is 0 Å². The van der Waals surface area contributed by atoms with Gasteiger partial charge in [0.2, 0.25) is 0 Å². The van der Waals surface area contributed by atoms with E-state index in [0.717, 1.165) is 42.4 Å². The minimum Gasteiger partial charge on any atom is -0.496 e. The van der Waals surface area contributed by atoms with Gasteiger partial charge < -0.3 is 19.0 Å². The molecule has 3 rings (SSSR count). The number of carbonyl (C=O) groups excluding carboxylic acids is 3. The summed E-state index contributed by atoms with van der Waals surface area (Å²) >= 11 is 0. The van der Waals surface area contributed by atoms with Crippen LogP contribution >= 0.6 is 0 Å². The molecule has 0 bridgehead atoms. The van der Waals surface area contributed by atoms with Gasteiger partial charge in [-0.3, -0.25) is 9.59 Å². The first-order valence-corrected chi connectivity index (χ1v) is 17.4. The summed E-state index contributed by atoms with van der Waals surface area (Å²) in [6, 6.07) is 10.1. The van der Waals surface area contributed by atoms with Gasteiger partial charge in [0.15, 0.2) is 17.3 Å². The smallest absolute Gasteiger partial charge is 0.416 e. The van der Waals surface area contributed by atoms with Crippen LogP contribution in [0.15, 0.2) is 61.2 Å². The van der Waals surface area contributed by atoms with E-state index in [9.17, 15) is 40.3 Å². The molecule has 0 saturated carbocycles. The third kappa shape index (κ3) is 15.7. The summed E-state index contributed by atoms with van der Waals surface area (Å²) in [6.45, 7) is 15.0. The standard InChI is InChI=1S/C27H33FO5.C12H12F6.C2H4O/c1-6-18(4)14-20-15-19(24(29)7-2)11-12-21(20)22-16-26(23(28)17-25(22)31-5)33-13-9-10-27(30)32-8-3;1-7(2)3-8-4-9(11(13,14)15)6-10(5-8)12(16,17)18;1-2-3/h7,11-12,15-18H,2,6,8-10,13-14H2,1,3-5H3;4-7H,3H2,1-2H3;2H,1H3. The second-order valence-corrected chi connectivity index (χ2v) is 12.6. The highest BCUT2D eigenvalue weighted by molar-refractivity contribution is 6.04. The monoisotopic (exact) mass is 770 g/mol. The predicted molar refractivity (Wildman–Crippen MR) is 194 cm³/mol. The summed E-state index contributed by atoms with van der Waals surface area (Å²) in [5.74, 6) is -0.175. The topological polar surface area (TPSA) is 78.9 Å². The lowest BCUT2D eigenvalue weighted by Crippen LogP contribution is -2.12. The zero-order chi connectivity index (χ0) is 41.2. The SMILES string of the molecule is C=CC(=O)c1ccc(-c2cc(OCCCC(=O)OCC)c(F)cc2OC)c(CC(C)CC)c1.CC(C)Cc1cc(C(F)(F)F)cc(C(F)(F)F)c1.CC=O. The quantitative estimate of drug-likeness (QED) is 0.0382. The molecular weight excluding hydrogens is 721 g/mol. The average Bonchev–Trinajstić information content (AvgIpc) is 3.09. The fourth-order valence-electron chi connectivity index (χ4n) is 5.08. The Morgan fingerprint density at radius 2 is 1.44 bits per heavy atom. The third-order valence-electron chi connectivity index (χ3n) is 7.76. The molecule has 0 aromatic heterocycles. The van der Waals surface area contributed by atoms with E-state index >= 15 is 0 Å². The van der Waals surface area contributed by atoms with Gasteiger partial charge >= 0.3 is 18.3 Å². The highest BCUT2D eigenvalue weighted by Crippen LogP contribution is 2.39. The van der Waals surface area contributed by atoms with Crippen LogP contribution < -0.4 is 9.47 Å². The lowest BCUT2D eigenvalue weighted by molar-refractivity contribution is -0.144. The lowest BCUT2D eigenvalue weighted by atomic mass is 9.89. The molecule has 6 nitrogen and oxygen atoms in total. The van der Waals surface area contributed by atoms with Crippen molar-refractivity contribution in [2.75, 3.05) is 20.3 Å². The van der Waals surface area contributed by atoms with Crippen LogP contribution in [-0.2, 0) is 39.5 Å². The number of alkyl halides is 6. The zero-order valence-electron chi connectivity index (χ0n) is 31.7.